The number of nitrogens with one attached hydrogen (secondary N) is 1. The summed E-state index contributed by atoms with van der Waals surface area (Å²) in [5, 5.41) is 4.10. The number of pyridine rings is 1. The molecule has 27 heavy (non-hydrogen) atoms. The maximum absolute atomic E-state index is 12.5. The molecule has 1 N–H and O–H groups in total. The third-order valence-electron chi connectivity index (χ3n) is 4.54. The molecule has 0 atom stereocenters. The maximum atomic E-state index is 12.5. The van der Waals surface area contributed by atoms with E-state index in [-0.39, 0.29) is 18.1 Å². The van der Waals surface area contributed by atoms with Crippen LogP contribution in [-0.2, 0) is 11.3 Å². The van der Waals surface area contributed by atoms with Crippen LogP contribution < -0.4 is 15.6 Å². The lowest BCUT2D eigenvalue weighted by Gasteiger charge is -2.12. The SMILES string of the molecule is C=CCn1ccc2c(OCC(=O)Nc3cccc(C)c3C)cccc2c1=O. The Bertz CT molecular complexity index is 1070. The molecule has 0 radical (unpaired) electrons. The van der Waals surface area contributed by atoms with Crippen LogP contribution in [0.1, 0.15) is 11.1 Å². The van der Waals surface area contributed by atoms with Gasteiger partial charge in [0.25, 0.3) is 11.5 Å². The minimum absolute atomic E-state index is 0.113. The van der Waals surface area contributed by atoms with Crippen molar-refractivity contribution in [1.82, 2.24) is 4.57 Å². The number of ether oxygens (including phenoxy) is 1. The number of aryl methyl sites for hydroxylation is 1. The first-order valence-electron chi connectivity index (χ1n) is 8.73. The van der Waals surface area contributed by atoms with Gasteiger partial charge in [0.1, 0.15) is 5.75 Å². The average molecular weight is 362 g/mol. The highest BCUT2D eigenvalue weighted by Gasteiger charge is 2.10. The molecule has 1 aromatic heterocycles. The van der Waals surface area contributed by atoms with Crippen molar-refractivity contribution in [2.45, 2.75) is 20.4 Å². The third kappa shape index (κ3) is 3.92. The number of allylic oxidation sites excluding steroid dienone is 1. The van der Waals surface area contributed by atoms with Crippen molar-refractivity contribution in [3.63, 3.8) is 0 Å². The summed E-state index contributed by atoms with van der Waals surface area (Å²) in [7, 11) is 0. The number of nitrogens with zero attached hydrogens (tertiary/aromatic N) is 1. The number of aromatic nitrogens is 1. The zero-order chi connectivity index (χ0) is 19.4. The third-order valence-corrected chi connectivity index (χ3v) is 4.54. The van der Waals surface area contributed by atoms with Gasteiger partial charge in [-0.2, -0.15) is 0 Å². The number of carbonyl (C=O) groups excluding carboxylic acids is 1. The molecule has 1 heterocycles. The van der Waals surface area contributed by atoms with Gasteiger partial charge >= 0.3 is 0 Å². The van der Waals surface area contributed by atoms with Crippen LogP contribution in [0.4, 0.5) is 5.69 Å². The van der Waals surface area contributed by atoms with Crippen molar-refractivity contribution in [1.29, 1.82) is 0 Å². The lowest BCUT2D eigenvalue weighted by atomic mass is 10.1. The standard InChI is InChI=1S/C22H22N2O3/c1-4-12-24-13-11-17-18(22(24)26)8-6-10-20(17)27-14-21(25)23-19-9-5-7-15(2)16(19)3/h4-11,13H,1,12,14H2,2-3H3,(H,23,25). The quantitative estimate of drug-likeness (QED) is 0.678. The van der Waals surface area contributed by atoms with E-state index in [2.05, 4.69) is 11.9 Å². The molecule has 5 heteroatoms. The summed E-state index contributed by atoms with van der Waals surface area (Å²) >= 11 is 0. The van der Waals surface area contributed by atoms with E-state index in [4.69, 9.17) is 4.74 Å². The average Bonchev–Trinajstić information content (AvgIpc) is 2.66. The van der Waals surface area contributed by atoms with Crippen LogP contribution in [0.25, 0.3) is 10.8 Å². The van der Waals surface area contributed by atoms with Gasteiger partial charge in [0, 0.05) is 23.8 Å². The fraction of sp³-hybridized carbons (Fsp3) is 0.182. The van der Waals surface area contributed by atoms with Crippen molar-refractivity contribution in [2.75, 3.05) is 11.9 Å². The van der Waals surface area contributed by atoms with Crippen LogP contribution in [0.5, 0.6) is 5.75 Å². The Hall–Kier alpha value is -3.34. The van der Waals surface area contributed by atoms with E-state index in [9.17, 15) is 9.59 Å². The molecule has 138 valence electrons. The summed E-state index contributed by atoms with van der Waals surface area (Å²) in [4.78, 5) is 24.8. The first-order chi connectivity index (χ1) is 13.0. The molecule has 0 spiro atoms. The van der Waals surface area contributed by atoms with Gasteiger partial charge in [-0.3, -0.25) is 9.59 Å². The van der Waals surface area contributed by atoms with Gasteiger partial charge in [0.2, 0.25) is 0 Å². The summed E-state index contributed by atoms with van der Waals surface area (Å²) in [6.45, 7) is 7.93. The Labute approximate surface area is 157 Å². The van der Waals surface area contributed by atoms with Crippen LogP contribution in [0.15, 0.2) is 66.1 Å². The zero-order valence-electron chi connectivity index (χ0n) is 15.5. The second kappa shape index (κ2) is 7.91. The van der Waals surface area contributed by atoms with Crippen LogP contribution in [-0.4, -0.2) is 17.1 Å². The van der Waals surface area contributed by atoms with E-state index < -0.39 is 0 Å². The largest absolute Gasteiger partial charge is 0.483 e. The smallest absolute Gasteiger partial charge is 0.262 e. The summed E-state index contributed by atoms with van der Waals surface area (Å²) < 4.78 is 7.27. The molecule has 2 aromatic carbocycles. The molecule has 0 bridgehead atoms. The van der Waals surface area contributed by atoms with Crippen molar-refractivity contribution in [2.24, 2.45) is 0 Å². The predicted octanol–water partition coefficient (Wildman–Crippen LogP) is 3.82. The molecule has 0 fully saturated rings. The molecule has 0 aliphatic rings. The molecule has 1 amide bonds. The van der Waals surface area contributed by atoms with Gasteiger partial charge in [0.05, 0.1) is 5.39 Å². The zero-order valence-corrected chi connectivity index (χ0v) is 15.5. The number of benzene rings is 2. The number of amides is 1. The fourth-order valence-corrected chi connectivity index (χ4v) is 2.91. The van der Waals surface area contributed by atoms with E-state index in [1.807, 2.05) is 38.1 Å². The molecule has 3 rings (SSSR count). The Morgan fingerprint density at radius 1 is 1.15 bits per heavy atom. The molecule has 3 aromatic rings. The minimum Gasteiger partial charge on any atom is -0.483 e. The lowest BCUT2D eigenvalue weighted by Crippen LogP contribution is -2.21. The predicted molar refractivity (Wildman–Crippen MR) is 108 cm³/mol. The molecule has 0 aliphatic heterocycles. The van der Waals surface area contributed by atoms with Crippen LogP contribution in [0.3, 0.4) is 0 Å². The summed E-state index contributed by atoms with van der Waals surface area (Å²) in [5.74, 6) is 0.257. The summed E-state index contributed by atoms with van der Waals surface area (Å²) in [6.07, 6.45) is 3.38. The van der Waals surface area contributed by atoms with Gasteiger partial charge in [-0.15, -0.1) is 6.58 Å². The van der Waals surface area contributed by atoms with Gasteiger partial charge in [-0.25, -0.2) is 0 Å². The molecule has 0 saturated heterocycles. The first kappa shape index (κ1) is 18.5. The van der Waals surface area contributed by atoms with E-state index in [0.29, 0.717) is 23.1 Å². The monoisotopic (exact) mass is 362 g/mol. The van der Waals surface area contributed by atoms with Crippen LogP contribution >= 0.6 is 0 Å². The highest BCUT2D eigenvalue weighted by molar-refractivity contribution is 5.93. The highest BCUT2D eigenvalue weighted by atomic mass is 16.5. The van der Waals surface area contributed by atoms with Gasteiger partial charge in [-0.05, 0) is 49.2 Å². The van der Waals surface area contributed by atoms with Crippen LogP contribution in [0.2, 0.25) is 0 Å². The highest BCUT2D eigenvalue weighted by Crippen LogP contribution is 2.23. The van der Waals surface area contributed by atoms with Crippen molar-refractivity contribution < 1.29 is 9.53 Å². The Morgan fingerprint density at radius 2 is 1.93 bits per heavy atom. The lowest BCUT2D eigenvalue weighted by molar-refractivity contribution is -0.118. The van der Waals surface area contributed by atoms with Gasteiger partial charge in [0.15, 0.2) is 6.61 Å². The summed E-state index contributed by atoms with van der Waals surface area (Å²) in [6, 6.07) is 12.8. The first-order valence-corrected chi connectivity index (χ1v) is 8.73. The van der Waals surface area contributed by atoms with Crippen LogP contribution in [0, 0.1) is 13.8 Å². The molecule has 5 nitrogen and oxygen atoms in total. The van der Waals surface area contributed by atoms with Crippen molar-refractivity contribution in [3.8, 4) is 5.75 Å². The van der Waals surface area contributed by atoms with Gasteiger partial charge in [-0.1, -0.05) is 24.3 Å². The number of fused-ring (bicyclic) bond motifs is 1. The Morgan fingerprint density at radius 3 is 2.70 bits per heavy atom. The second-order valence-electron chi connectivity index (χ2n) is 6.36. The fourth-order valence-electron chi connectivity index (χ4n) is 2.91. The Balaban J connectivity index is 1.78. The number of hydrogen-bond donors (Lipinski definition) is 1. The number of rotatable bonds is 6. The van der Waals surface area contributed by atoms with Crippen molar-refractivity contribution >= 4 is 22.4 Å². The number of hydrogen-bond acceptors (Lipinski definition) is 3. The van der Waals surface area contributed by atoms with E-state index in [1.54, 1.807) is 35.0 Å². The molecule has 0 unspecified atom stereocenters. The molecule has 0 saturated carbocycles. The molecular weight excluding hydrogens is 340 g/mol. The second-order valence-corrected chi connectivity index (χ2v) is 6.36. The minimum atomic E-state index is -0.249. The Kier molecular flexibility index (Phi) is 5.41. The number of anilines is 1. The number of carbonyl (C=O) groups is 1. The topological polar surface area (TPSA) is 60.3 Å². The van der Waals surface area contributed by atoms with E-state index >= 15 is 0 Å². The van der Waals surface area contributed by atoms with Crippen molar-refractivity contribution in [3.05, 3.63) is 82.8 Å². The van der Waals surface area contributed by atoms with E-state index in [0.717, 1.165) is 16.8 Å². The van der Waals surface area contributed by atoms with Gasteiger partial charge < -0.3 is 14.6 Å². The summed E-state index contributed by atoms with van der Waals surface area (Å²) in [5.41, 5.74) is 2.80. The van der Waals surface area contributed by atoms with E-state index in [1.165, 1.54) is 0 Å². The molecular formula is C22H22N2O3. The molecule has 0 aliphatic carbocycles. The maximum Gasteiger partial charge on any atom is 0.262 e. The normalized spacial score (nSPS) is 10.6.